The second-order valence-electron chi connectivity index (χ2n) is 3.34. The van der Waals surface area contributed by atoms with Gasteiger partial charge in [0.2, 0.25) is 0 Å². The van der Waals surface area contributed by atoms with E-state index in [1.54, 1.807) is 6.07 Å². The van der Waals surface area contributed by atoms with Crippen LogP contribution in [-0.2, 0) is 4.79 Å². The summed E-state index contributed by atoms with van der Waals surface area (Å²) in [5.41, 5.74) is 0.159. The number of rotatable bonds is 5. The molecule has 17 heavy (non-hydrogen) atoms. The fraction of sp³-hybridized carbons (Fsp3) is 0.273. The Morgan fingerprint density at radius 2 is 2.06 bits per heavy atom. The Hall–Kier alpha value is -1.04. The van der Waals surface area contributed by atoms with Gasteiger partial charge < -0.3 is 10.2 Å². The maximum Gasteiger partial charge on any atom is 0.337 e. The molecule has 0 bridgehead atoms. The highest BCUT2D eigenvalue weighted by molar-refractivity contribution is 7.80. The number of carboxylic acid groups (broad SMARTS) is 1. The number of aliphatic carboxylic acids is 1. The number of hydrogen-bond donors (Lipinski definition) is 3. The molecule has 0 saturated carbocycles. The summed E-state index contributed by atoms with van der Waals surface area (Å²) in [6.07, 6.45) is -1.68. The first kappa shape index (κ1) is 14.0. The van der Waals surface area contributed by atoms with Gasteiger partial charge in [0, 0.05) is 28.3 Å². The Kier molecular flexibility index (Phi) is 4.99. The third-order valence-corrected chi connectivity index (χ3v) is 2.79. The first-order chi connectivity index (χ1) is 7.99. The number of halogens is 1. The SMILES string of the molecule is O=C(CCCl)c1cccc(S)c1C(O)C(=O)O. The molecule has 0 saturated heterocycles. The Labute approximate surface area is 109 Å². The molecule has 0 heterocycles. The van der Waals surface area contributed by atoms with E-state index in [0.717, 1.165) is 0 Å². The fourth-order valence-corrected chi connectivity index (χ4v) is 1.93. The molecule has 1 rings (SSSR count). The summed E-state index contributed by atoms with van der Waals surface area (Å²) in [5.74, 6) is -1.60. The van der Waals surface area contributed by atoms with Gasteiger partial charge in [-0.05, 0) is 6.07 Å². The summed E-state index contributed by atoms with van der Waals surface area (Å²) in [4.78, 5) is 22.7. The average molecular weight is 275 g/mol. The van der Waals surface area contributed by atoms with Gasteiger partial charge in [0.1, 0.15) is 0 Å². The first-order valence-corrected chi connectivity index (χ1v) is 5.79. The molecule has 1 unspecified atom stereocenters. The molecule has 1 aromatic carbocycles. The molecule has 0 amide bonds. The number of aliphatic hydroxyl groups excluding tert-OH is 1. The van der Waals surface area contributed by atoms with Crippen LogP contribution in [0.3, 0.4) is 0 Å². The number of carbonyl (C=O) groups excluding carboxylic acids is 1. The van der Waals surface area contributed by atoms with Crippen molar-refractivity contribution >= 4 is 36.0 Å². The van der Waals surface area contributed by atoms with Crippen LogP contribution in [0.4, 0.5) is 0 Å². The van der Waals surface area contributed by atoms with Gasteiger partial charge in [-0.3, -0.25) is 4.79 Å². The maximum absolute atomic E-state index is 11.7. The topological polar surface area (TPSA) is 74.6 Å². The van der Waals surface area contributed by atoms with E-state index in [-0.39, 0.29) is 34.1 Å². The van der Waals surface area contributed by atoms with Crippen molar-refractivity contribution in [3.8, 4) is 0 Å². The molecule has 1 aromatic rings. The number of aliphatic hydroxyl groups is 1. The molecule has 92 valence electrons. The Bertz CT molecular complexity index is 447. The zero-order chi connectivity index (χ0) is 13.0. The number of ketones is 1. The number of benzene rings is 1. The minimum atomic E-state index is -1.77. The van der Waals surface area contributed by atoms with Crippen molar-refractivity contribution in [1.29, 1.82) is 0 Å². The van der Waals surface area contributed by atoms with Gasteiger partial charge in [-0.25, -0.2) is 4.79 Å². The standard InChI is InChI=1S/C11H11ClO4S/c12-5-4-7(13)6-2-1-3-8(17)9(6)10(14)11(15)16/h1-3,10,14,17H,4-5H2,(H,15,16). The lowest BCUT2D eigenvalue weighted by Crippen LogP contribution is -2.16. The number of alkyl halides is 1. The fourth-order valence-electron chi connectivity index (χ4n) is 1.43. The van der Waals surface area contributed by atoms with Gasteiger partial charge >= 0.3 is 5.97 Å². The molecule has 0 fully saturated rings. The van der Waals surface area contributed by atoms with Gasteiger partial charge in [-0.15, -0.1) is 24.2 Å². The molecule has 0 radical (unpaired) electrons. The van der Waals surface area contributed by atoms with Gasteiger partial charge in [-0.1, -0.05) is 12.1 Å². The number of carbonyl (C=O) groups is 2. The van der Waals surface area contributed by atoms with E-state index < -0.39 is 12.1 Å². The average Bonchev–Trinajstić information content (AvgIpc) is 2.28. The van der Waals surface area contributed by atoms with Crippen molar-refractivity contribution in [3.63, 3.8) is 0 Å². The van der Waals surface area contributed by atoms with Crippen LogP contribution in [0.25, 0.3) is 0 Å². The predicted molar refractivity (Wildman–Crippen MR) is 66.0 cm³/mol. The molecular weight excluding hydrogens is 264 g/mol. The van der Waals surface area contributed by atoms with E-state index >= 15 is 0 Å². The van der Waals surface area contributed by atoms with Crippen LogP contribution in [0, 0.1) is 0 Å². The van der Waals surface area contributed by atoms with Gasteiger partial charge in [0.25, 0.3) is 0 Å². The normalized spacial score (nSPS) is 12.2. The summed E-state index contributed by atoms with van der Waals surface area (Å²) >= 11 is 9.52. The van der Waals surface area contributed by atoms with Crippen LogP contribution in [0.1, 0.15) is 28.4 Å². The van der Waals surface area contributed by atoms with Crippen molar-refractivity contribution in [1.82, 2.24) is 0 Å². The quantitative estimate of drug-likeness (QED) is 0.436. The second kappa shape index (κ2) is 6.05. The van der Waals surface area contributed by atoms with E-state index in [1.807, 2.05) is 0 Å². The molecular formula is C11H11ClO4S. The monoisotopic (exact) mass is 274 g/mol. The lowest BCUT2D eigenvalue weighted by molar-refractivity contribution is -0.147. The van der Waals surface area contributed by atoms with Crippen LogP contribution >= 0.6 is 24.2 Å². The molecule has 1 atom stereocenters. The predicted octanol–water partition coefficient (Wildman–Crippen LogP) is 1.90. The van der Waals surface area contributed by atoms with Crippen molar-refractivity contribution in [3.05, 3.63) is 29.3 Å². The summed E-state index contributed by atoms with van der Waals surface area (Å²) in [6, 6.07) is 4.54. The van der Waals surface area contributed by atoms with Crippen LogP contribution in [-0.4, -0.2) is 27.8 Å². The molecule has 4 nitrogen and oxygen atoms in total. The Morgan fingerprint density at radius 3 is 2.59 bits per heavy atom. The zero-order valence-corrected chi connectivity index (χ0v) is 10.4. The van der Waals surface area contributed by atoms with Crippen LogP contribution in [0.15, 0.2) is 23.1 Å². The molecule has 0 aliphatic heterocycles. The molecule has 6 heteroatoms. The number of thiol groups is 1. The van der Waals surface area contributed by atoms with Gasteiger partial charge in [-0.2, -0.15) is 0 Å². The van der Waals surface area contributed by atoms with E-state index in [9.17, 15) is 14.7 Å². The third-order valence-electron chi connectivity index (χ3n) is 2.21. The van der Waals surface area contributed by atoms with Crippen LogP contribution < -0.4 is 0 Å². The molecule has 0 aliphatic carbocycles. The van der Waals surface area contributed by atoms with E-state index in [2.05, 4.69) is 12.6 Å². The second-order valence-corrected chi connectivity index (χ2v) is 4.20. The highest BCUT2D eigenvalue weighted by Gasteiger charge is 2.24. The highest BCUT2D eigenvalue weighted by Crippen LogP contribution is 2.26. The lowest BCUT2D eigenvalue weighted by Gasteiger charge is -2.13. The van der Waals surface area contributed by atoms with Crippen molar-refractivity contribution in [2.75, 3.05) is 5.88 Å². The Morgan fingerprint density at radius 1 is 1.41 bits per heavy atom. The van der Waals surface area contributed by atoms with Crippen LogP contribution in [0.2, 0.25) is 0 Å². The molecule has 0 spiro atoms. The zero-order valence-electron chi connectivity index (χ0n) is 8.76. The van der Waals surface area contributed by atoms with E-state index in [1.165, 1.54) is 12.1 Å². The maximum atomic E-state index is 11.7. The van der Waals surface area contributed by atoms with E-state index in [0.29, 0.717) is 0 Å². The third kappa shape index (κ3) is 3.21. The minimum absolute atomic E-state index is 0.0125. The molecule has 2 N–H and O–H groups in total. The van der Waals surface area contributed by atoms with Gasteiger partial charge in [0.15, 0.2) is 11.9 Å². The Balaban J connectivity index is 3.26. The largest absolute Gasteiger partial charge is 0.479 e. The van der Waals surface area contributed by atoms with Crippen LogP contribution in [0.5, 0.6) is 0 Å². The minimum Gasteiger partial charge on any atom is -0.479 e. The van der Waals surface area contributed by atoms with Crippen molar-refractivity contribution in [2.24, 2.45) is 0 Å². The summed E-state index contributed by atoms with van der Waals surface area (Å²) in [7, 11) is 0. The van der Waals surface area contributed by atoms with E-state index in [4.69, 9.17) is 16.7 Å². The van der Waals surface area contributed by atoms with Gasteiger partial charge in [0.05, 0.1) is 0 Å². The van der Waals surface area contributed by atoms with Crippen molar-refractivity contribution < 1.29 is 19.8 Å². The molecule has 0 aliphatic rings. The lowest BCUT2D eigenvalue weighted by atomic mass is 9.98. The summed E-state index contributed by atoms with van der Waals surface area (Å²) in [6.45, 7) is 0. The first-order valence-electron chi connectivity index (χ1n) is 4.81. The van der Waals surface area contributed by atoms with Crippen molar-refractivity contribution in [2.45, 2.75) is 17.4 Å². The number of carboxylic acids is 1. The smallest absolute Gasteiger partial charge is 0.337 e. The number of Topliss-reactive ketones (excluding diaryl/α,β-unsaturated/α-hetero) is 1. The number of hydrogen-bond acceptors (Lipinski definition) is 4. The highest BCUT2D eigenvalue weighted by atomic mass is 35.5. The summed E-state index contributed by atoms with van der Waals surface area (Å²) in [5, 5.41) is 18.3. The summed E-state index contributed by atoms with van der Waals surface area (Å²) < 4.78 is 0. The molecule has 0 aromatic heterocycles.